The maximum atomic E-state index is 8.86. The fourth-order valence-electron chi connectivity index (χ4n) is 1.88. The van der Waals surface area contributed by atoms with E-state index in [1.807, 2.05) is 66.7 Å². The second-order valence-electron chi connectivity index (χ2n) is 4.17. The summed E-state index contributed by atoms with van der Waals surface area (Å²) < 4.78 is 0. The predicted molar refractivity (Wildman–Crippen MR) is 75.7 cm³/mol. The van der Waals surface area contributed by atoms with E-state index in [-0.39, 0.29) is 5.57 Å². The van der Waals surface area contributed by atoms with E-state index < -0.39 is 0 Å². The van der Waals surface area contributed by atoms with Crippen molar-refractivity contribution in [2.75, 3.05) is 0 Å². The summed E-state index contributed by atoms with van der Waals surface area (Å²) in [6, 6.07) is 21.8. The largest absolute Gasteiger partial charge is 0.192 e. The third-order valence-electron chi connectivity index (χ3n) is 3.02. The summed E-state index contributed by atoms with van der Waals surface area (Å²) in [5.41, 5.74) is 4.04. The molecule has 19 heavy (non-hydrogen) atoms. The lowest BCUT2D eigenvalue weighted by Gasteiger charge is -2.05. The fourth-order valence-corrected chi connectivity index (χ4v) is 1.88. The number of rotatable bonds is 2. The number of hydrogen-bond donors (Lipinski definition) is 0. The molecule has 0 aliphatic carbocycles. The van der Waals surface area contributed by atoms with Crippen LogP contribution in [0.15, 0.2) is 60.2 Å². The van der Waals surface area contributed by atoms with Crippen LogP contribution < -0.4 is 0 Å². The first-order chi connectivity index (χ1) is 9.26. The highest BCUT2D eigenvalue weighted by atomic mass is 14.3. The Morgan fingerprint density at radius 2 is 1.32 bits per heavy atom. The van der Waals surface area contributed by atoms with E-state index in [4.69, 9.17) is 10.5 Å². The number of nitriles is 2. The highest BCUT2D eigenvalue weighted by Crippen LogP contribution is 2.23. The van der Waals surface area contributed by atoms with Gasteiger partial charge in [-0.05, 0) is 29.2 Å². The zero-order valence-corrected chi connectivity index (χ0v) is 10.6. The summed E-state index contributed by atoms with van der Waals surface area (Å²) in [6.45, 7) is 1.79. The first kappa shape index (κ1) is 12.6. The van der Waals surface area contributed by atoms with Crippen molar-refractivity contribution < 1.29 is 0 Å². The van der Waals surface area contributed by atoms with Crippen LogP contribution >= 0.6 is 0 Å². The Labute approximate surface area is 112 Å². The summed E-state index contributed by atoms with van der Waals surface area (Å²) >= 11 is 0. The van der Waals surface area contributed by atoms with Crippen LogP contribution in [-0.2, 0) is 0 Å². The van der Waals surface area contributed by atoms with Crippen LogP contribution in [-0.4, -0.2) is 0 Å². The van der Waals surface area contributed by atoms with Gasteiger partial charge in [0.1, 0.15) is 17.7 Å². The molecule has 0 fully saturated rings. The van der Waals surface area contributed by atoms with Crippen LogP contribution in [0.5, 0.6) is 0 Å². The zero-order valence-electron chi connectivity index (χ0n) is 10.6. The first-order valence-electron chi connectivity index (χ1n) is 5.93. The second-order valence-corrected chi connectivity index (χ2v) is 4.17. The molecule has 90 valence electrons. The SMILES string of the molecule is CC(=C(C#N)C#N)c1ccc(-c2ccccc2)cc1. The Bertz CT molecular complexity index is 665. The average molecular weight is 244 g/mol. The van der Waals surface area contributed by atoms with Gasteiger partial charge in [-0.2, -0.15) is 10.5 Å². The summed E-state index contributed by atoms with van der Waals surface area (Å²) in [6.07, 6.45) is 0. The number of hydrogen-bond acceptors (Lipinski definition) is 2. The Morgan fingerprint density at radius 1 is 0.789 bits per heavy atom. The van der Waals surface area contributed by atoms with E-state index >= 15 is 0 Å². The van der Waals surface area contributed by atoms with Gasteiger partial charge in [0.25, 0.3) is 0 Å². The molecule has 0 saturated carbocycles. The third kappa shape index (κ3) is 2.70. The lowest BCUT2D eigenvalue weighted by atomic mass is 9.99. The van der Waals surface area contributed by atoms with Gasteiger partial charge in [0.15, 0.2) is 0 Å². The molecule has 2 nitrogen and oxygen atoms in total. The van der Waals surface area contributed by atoms with E-state index in [2.05, 4.69) is 0 Å². The molecule has 0 radical (unpaired) electrons. The van der Waals surface area contributed by atoms with Gasteiger partial charge in [0.2, 0.25) is 0 Å². The van der Waals surface area contributed by atoms with Crippen molar-refractivity contribution >= 4 is 5.57 Å². The van der Waals surface area contributed by atoms with Gasteiger partial charge in [-0.25, -0.2) is 0 Å². The van der Waals surface area contributed by atoms with E-state index in [1.54, 1.807) is 6.92 Å². The molecule has 0 atom stereocenters. The van der Waals surface area contributed by atoms with Crippen LogP contribution in [0.3, 0.4) is 0 Å². The number of allylic oxidation sites excluding steroid dienone is 2. The highest BCUT2D eigenvalue weighted by molar-refractivity contribution is 5.75. The number of benzene rings is 2. The van der Waals surface area contributed by atoms with Crippen molar-refractivity contribution in [2.24, 2.45) is 0 Å². The normalized spacial score (nSPS) is 9.21. The minimum atomic E-state index is 0.160. The Morgan fingerprint density at radius 3 is 1.84 bits per heavy atom. The highest BCUT2D eigenvalue weighted by Gasteiger charge is 2.04. The first-order valence-corrected chi connectivity index (χ1v) is 5.93. The van der Waals surface area contributed by atoms with Crippen molar-refractivity contribution in [3.05, 3.63) is 65.7 Å². The summed E-state index contributed by atoms with van der Waals surface area (Å²) in [5, 5.41) is 17.7. The molecule has 2 aromatic carbocycles. The topological polar surface area (TPSA) is 47.6 Å². The van der Waals surface area contributed by atoms with E-state index in [9.17, 15) is 0 Å². The van der Waals surface area contributed by atoms with Gasteiger partial charge in [0, 0.05) is 0 Å². The predicted octanol–water partition coefficient (Wildman–Crippen LogP) is 4.17. The smallest absolute Gasteiger partial charge is 0.133 e. The molecule has 0 aromatic heterocycles. The third-order valence-corrected chi connectivity index (χ3v) is 3.02. The maximum absolute atomic E-state index is 8.86. The molecule has 0 bridgehead atoms. The molecule has 0 amide bonds. The Kier molecular flexibility index (Phi) is 3.76. The van der Waals surface area contributed by atoms with Crippen LogP contribution in [0.1, 0.15) is 12.5 Å². The molecule has 0 aliphatic rings. The molecule has 0 aliphatic heterocycles. The van der Waals surface area contributed by atoms with Crippen LogP contribution in [0, 0.1) is 22.7 Å². The molecule has 0 heterocycles. The summed E-state index contributed by atoms with van der Waals surface area (Å²) in [4.78, 5) is 0. The standard InChI is InChI=1S/C17H12N2/c1-13(17(11-18)12-19)14-7-9-16(10-8-14)15-5-3-2-4-6-15/h2-10H,1H3. The Balaban J connectivity index is 2.38. The molecular weight excluding hydrogens is 232 g/mol. The van der Waals surface area contributed by atoms with E-state index in [1.165, 1.54) is 0 Å². The molecule has 2 rings (SSSR count). The monoisotopic (exact) mass is 244 g/mol. The van der Waals surface area contributed by atoms with Crippen molar-refractivity contribution in [1.82, 2.24) is 0 Å². The van der Waals surface area contributed by atoms with Crippen molar-refractivity contribution in [3.63, 3.8) is 0 Å². The minimum Gasteiger partial charge on any atom is -0.192 e. The van der Waals surface area contributed by atoms with Crippen molar-refractivity contribution in [1.29, 1.82) is 10.5 Å². The lowest BCUT2D eigenvalue weighted by Crippen LogP contribution is -1.85. The van der Waals surface area contributed by atoms with Crippen molar-refractivity contribution in [3.8, 4) is 23.3 Å². The molecule has 2 aromatic rings. The summed E-state index contributed by atoms with van der Waals surface area (Å²) in [5.74, 6) is 0. The average Bonchev–Trinajstić information content (AvgIpc) is 2.49. The molecule has 0 unspecified atom stereocenters. The molecule has 0 N–H and O–H groups in total. The van der Waals surface area contributed by atoms with Gasteiger partial charge in [-0.15, -0.1) is 0 Å². The van der Waals surface area contributed by atoms with Gasteiger partial charge in [0.05, 0.1) is 0 Å². The van der Waals surface area contributed by atoms with Gasteiger partial charge >= 0.3 is 0 Å². The van der Waals surface area contributed by atoms with Gasteiger partial charge < -0.3 is 0 Å². The Hall–Kier alpha value is -2.84. The number of nitrogens with zero attached hydrogens (tertiary/aromatic N) is 2. The summed E-state index contributed by atoms with van der Waals surface area (Å²) in [7, 11) is 0. The van der Waals surface area contributed by atoms with Gasteiger partial charge in [-0.3, -0.25) is 0 Å². The minimum absolute atomic E-state index is 0.160. The van der Waals surface area contributed by atoms with Gasteiger partial charge in [-0.1, -0.05) is 54.6 Å². The molecule has 0 saturated heterocycles. The quantitative estimate of drug-likeness (QED) is 0.744. The van der Waals surface area contributed by atoms with E-state index in [0.717, 1.165) is 16.7 Å². The maximum Gasteiger partial charge on any atom is 0.133 e. The molecule has 0 spiro atoms. The zero-order chi connectivity index (χ0) is 13.7. The lowest BCUT2D eigenvalue weighted by molar-refractivity contribution is 1.44. The second kappa shape index (κ2) is 5.67. The van der Waals surface area contributed by atoms with Crippen molar-refractivity contribution in [2.45, 2.75) is 6.92 Å². The molecule has 2 heteroatoms. The molecular formula is C17H12N2. The van der Waals surface area contributed by atoms with Crippen LogP contribution in [0.25, 0.3) is 16.7 Å². The van der Waals surface area contributed by atoms with Crippen LogP contribution in [0.4, 0.5) is 0 Å². The fraction of sp³-hybridized carbons (Fsp3) is 0.0588. The van der Waals surface area contributed by atoms with Crippen LogP contribution in [0.2, 0.25) is 0 Å². The van der Waals surface area contributed by atoms with E-state index in [0.29, 0.717) is 5.57 Å².